The Balaban J connectivity index is 2.63. The van der Waals surface area contributed by atoms with Crippen molar-refractivity contribution in [1.82, 2.24) is 0 Å². The van der Waals surface area contributed by atoms with Gasteiger partial charge in [-0.3, -0.25) is 0 Å². The summed E-state index contributed by atoms with van der Waals surface area (Å²) in [7, 11) is 0. The number of aromatic carboxylic acids is 1. The van der Waals surface area contributed by atoms with E-state index >= 15 is 0 Å². The summed E-state index contributed by atoms with van der Waals surface area (Å²) in [4.78, 5) is 10.8. The van der Waals surface area contributed by atoms with Gasteiger partial charge in [-0.15, -0.1) is 0 Å². The molecule has 0 radical (unpaired) electrons. The van der Waals surface area contributed by atoms with E-state index in [-0.39, 0.29) is 16.7 Å². The molecule has 0 bridgehead atoms. The molecule has 0 atom stereocenters. The molecule has 0 aliphatic rings. The van der Waals surface area contributed by atoms with Crippen LogP contribution in [0.1, 0.15) is 10.4 Å². The van der Waals surface area contributed by atoms with E-state index < -0.39 is 23.4 Å². The first kappa shape index (κ1) is 12.2. The molecule has 0 amide bonds. The average Bonchev–Trinajstić information content (AvgIpc) is 2.31. The zero-order valence-electron chi connectivity index (χ0n) is 8.95. The van der Waals surface area contributed by atoms with Crippen molar-refractivity contribution in [2.45, 2.75) is 0 Å². The smallest absolute Gasteiger partial charge is 0.335 e. The summed E-state index contributed by atoms with van der Waals surface area (Å²) in [6.07, 6.45) is 0. The maximum atomic E-state index is 13.5. The quantitative estimate of drug-likeness (QED) is 0.888. The second kappa shape index (κ2) is 4.52. The van der Waals surface area contributed by atoms with Gasteiger partial charge in [0.1, 0.15) is 17.5 Å². The van der Waals surface area contributed by atoms with Gasteiger partial charge in [0.25, 0.3) is 0 Å². The largest absolute Gasteiger partial charge is 0.478 e. The zero-order chi connectivity index (χ0) is 13.3. The predicted molar refractivity (Wildman–Crippen MR) is 58.7 cm³/mol. The summed E-state index contributed by atoms with van der Waals surface area (Å²) in [5.41, 5.74) is -0.532. The fraction of sp³-hybridized carbons (Fsp3) is 0. The molecule has 92 valence electrons. The van der Waals surface area contributed by atoms with E-state index in [1.54, 1.807) is 0 Å². The van der Waals surface area contributed by atoms with E-state index in [0.717, 1.165) is 36.4 Å². The summed E-state index contributed by atoms with van der Waals surface area (Å²) in [6, 6.07) is 5.55. The van der Waals surface area contributed by atoms with Crippen LogP contribution in [0.5, 0.6) is 0 Å². The van der Waals surface area contributed by atoms with Crippen LogP contribution in [0.3, 0.4) is 0 Å². The van der Waals surface area contributed by atoms with E-state index in [4.69, 9.17) is 5.11 Å². The summed E-state index contributed by atoms with van der Waals surface area (Å²) in [5.74, 6) is -3.60. The fourth-order valence-electron chi connectivity index (χ4n) is 1.59. The highest BCUT2D eigenvalue weighted by molar-refractivity contribution is 5.89. The van der Waals surface area contributed by atoms with Crippen molar-refractivity contribution in [2.75, 3.05) is 0 Å². The van der Waals surface area contributed by atoms with Crippen LogP contribution in [0, 0.1) is 17.5 Å². The van der Waals surface area contributed by atoms with Crippen LogP contribution in [0.4, 0.5) is 13.2 Å². The third-order valence-corrected chi connectivity index (χ3v) is 2.38. The molecule has 1 N–H and O–H groups in total. The molecular weight excluding hydrogens is 245 g/mol. The molecule has 5 heteroatoms. The first-order chi connectivity index (χ1) is 8.47. The number of carboxylic acids is 1. The molecular formula is C13H7F3O2. The predicted octanol–water partition coefficient (Wildman–Crippen LogP) is 3.47. The van der Waals surface area contributed by atoms with E-state index in [9.17, 15) is 18.0 Å². The Morgan fingerprint density at radius 3 is 2.33 bits per heavy atom. The first-order valence-corrected chi connectivity index (χ1v) is 4.96. The van der Waals surface area contributed by atoms with E-state index in [2.05, 4.69) is 0 Å². The Bertz CT molecular complexity index is 624. The lowest BCUT2D eigenvalue weighted by atomic mass is 10.0. The van der Waals surface area contributed by atoms with Crippen molar-refractivity contribution in [1.29, 1.82) is 0 Å². The zero-order valence-corrected chi connectivity index (χ0v) is 8.95. The molecule has 0 saturated heterocycles. The Morgan fingerprint density at radius 1 is 0.944 bits per heavy atom. The molecule has 0 saturated carbocycles. The Hall–Kier alpha value is -2.30. The van der Waals surface area contributed by atoms with E-state index in [0.29, 0.717) is 0 Å². The van der Waals surface area contributed by atoms with Gasteiger partial charge >= 0.3 is 5.97 Å². The summed E-state index contributed by atoms with van der Waals surface area (Å²) in [5, 5.41) is 8.77. The van der Waals surface area contributed by atoms with Crippen molar-refractivity contribution in [3.05, 3.63) is 59.4 Å². The van der Waals surface area contributed by atoms with Crippen LogP contribution in [0.2, 0.25) is 0 Å². The standard InChI is InChI=1S/C13H7F3O2/c14-9-1-2-12(16)11(6-9)7-3-8(13(17)18)5-10(15)4-7/h1-6H,(H,17,18). The van der Waals surface area contributed by atoms with Gasteiger partial charge < -0.3 is 5.11 Å². The van der Waals surface area contributed by atoms with Crippen molar-refractivity contribution in [3.63, 3.8) is 0 Å². The maximum absolute atomic E-state index is 13.5. The molecule has 0 aliphatic heterocycles. The first-order valence-electron chi connectivity index (χ1n) is 4.96. The van der Waals surface area contributed by atoms with Crippen LogP contribution in [0.25, 0.3) is 11.1 Å². The molecule has 0 spiro atoms. The minimum absolute atomic E-state index is 0.0237. The van der Waals surface area contributed by atoms with Gasteiger partial charge in [-0.1, -0.05) is 0 Å². The fourth-order valence-corrected chi connectivity index (χ4v) is 1.59. The maximum Gasteiger partial charge on any atom is 0.335 e. The van der Waals surface area contributed by atoms with Gasteiger partial charge in [0.05, 0.1) is 5.56 Å². The second-order valence-electron chi connectivity index (χ2n) is 3.66. The molecule has 2 rings (SSSR count). The molecule has 0 fully saturated rings. The topological polar surface area (TPSA) is 37.3 Å². The van der Waals surface area contributed by atoms with Crippen molar-refractivity contribution >= 4 is 5.97 Å². The minimum Gasteiger partial charge on any atom is -0.478 e. The Morgan fingerprint density at radius 2 is 1.67 bits per heavy atom. The molecule has 0 unspecified atom stereocenters. The third kappa shape index (κ3) is 2.34. The van der Waals surface area contributed by atoms with Gasteiger partial charge in [-0.2, -0.15) is 0 Å². The van der Waals surface area contributed by atoms with Crippen molar-refractivity contribution in [2.24, 2.45) is 0 Å². The minimum atomic E-state index is -1.34. The van der Waals surface area contributed by atoms with Crippen molar-refractivity contribution in [3.8, 4) is 11.1 Å². The lowest BCUT2D eigenvalue weighted by Crippen LogP contribution is -1.98. The summed E-state index contributed by atoms with van der Waals surface area (Å²) in [6.45, 7) is 0. The van der Waals surface area contributed by atoms with Crippen molar-refractivity contribution < 1.29 is 23.1 Å². The van der Waals surface area contributed by atoms with Crippen LogP contribution < -0.4 is 0 Å². The van der Waals surface area contributed by atoms with Gasteiger partial charge in [0.2, 0.25) is 0 Å². The molecule has 2 nitrogen and oxygen atoms in total. The monoisotopic (exact) mass is 252 g/mol. The number of rotatable bonds is 2. The second-order valence-corrected chi connectivity index (χ2v) is 3.66. The van der Waals surface area contributed by atoms with Gasteiger partial charge in [0, 0.05) is 5.56 Å². The number of benzene rings is 2. The number of carbonyl (C=O) groups is 1. The van der Waals surface area contributed by atoms with Crippen LogP contribution >= 0.6 is 0 Å². The van der Waals surface area contributed by atoms with Crippen LogP contribution in [0.15, 0.2) is 36.4 Å². The molecule has 2 aromatic rings. The molecule has 2 aromatic carbocycles. The van der Waals surface area contributed by atoms with Crippen LogP contribution in [-0.2, 0) is 0 Å². The molecule has 18 heavy (non-hydrogen) atoms. The summed E-state index contributed by atoms with van der Waals surface area (Å²) < 4.78 is 39.7. The normalized spacial score (nSPS) is 10.4. The molecule has 0 aliphatic carbocycles. The van der Waals surface area contributed by atoms with Gasteiger partial charge in [-0.05, 0) is 42.0 Å². The number of carboxylic acid groups (broad SMARTS) is 1. The highest BCUT2D eigenvalue weighted by atomic mass is 19.1. The van der Waals surface area contributed by atoms with Gasteiger partial charge in [0.15, 0.2) is 0 Å². The van der Waals surface area contributed by atoms with Gasteiger partial charge in [-0.25, -0.2) is 18.0 Å². The third-order valence-electron chi connectivity index (χ3n) is 2.38. The number of halogens is 3. The Labute approximate surface area is 100 Å². The van der Waals surface area contributed by atoms with E-state index in [1.807, 2.05) is 0 Å². The molecule has 0 aromatic heterocycles. The van der Waals surface area contributed by atoms with Crippen LogP contribution in [-0.4, -0.2) is 11.1 Å². The Kier molecular flexibility index (Phi) is 3.06. The average molecular weight is 252 g/mol. The van der Waals surface area contributed by atoms with E-state index in [1.165, 1.54) is 0 Å². The lowest BCUT2D eigenvalue weighted by molar-refractivity contribution is 0.0696. The summed E-state index contributed by atoms with van der Waals surface area (Å²) >= 11 is 0. The molecule has 0 heterocycles. The SMILES string of the molecule is O=C(O)c1cc(F)cc(-c2cc(F)ccc2F)c1. The number of hydrogen-bond acceptors (Lipinski definition) is 1. The highest BCUT2D eigenvalue weighted by Gasteiger charge is 2.12. The lowest BCUT2D eigenvalue weighted by Gasteiger charge is -2.05. The number of hydrogen-bond donors (Lipinski definition) is 1. The highest BCUT2D eigenvalue weighted by Crippen LogP contribution is 2.25.